The zero-order valence-corrected chi connectivity index (χ0v) is 32.2. The first-order valence-electron chi connectivity index (χ1n) is 20.3. The summed E-state index contributed by atoms with van der Waals surface area (Å²) in [5.74, 6) is 0.637. The zero-order chi connectivity index (χ0) is 39.3. The number of fused-ring (bicyclic) bond motifs is 9. The van der Waals surface area contributed by atoms with Crippen LogP contribution in [0.4, 0.5) is 17.1 Å². The van der Waals surface area contributed by atoms with Crippen LogP contribution in [0, 0.1) is 0 Å². The van der Waals surface area contributed by atoms with Crippen LogP contribution in [-0.4, -0.2) is 15.0 Å². The summed E-state index contributed by atoms with van der Waals surface area (Å²) >= 11 is 0. The standard InChI is InChI=1S/C55H32N4O/c1-4-18-42-33(11-1)28-29-44-43-21-7-13-35-14-9-22-47(49(35)43)59(53(42)44)39-31-38-12-2-3-17-40(38)46(32-39)55-57-51(54-52(58-55)45-19-5-6-23-48(45)60-54)37-26-24-34(25-27-37)41-20-8-15-36-16-10-30-56-50(36)41/h1-32H. The second kappa shape index (κ2) is 12.7. The molecule has 3 aromatic heterocycles. The molecule has 0 amide bonds. The van der Waals surface area contributed by atoms with E-state index < -0.39 is 0 Å². The SMILES string of the molecule is c1ccc2c(-c3nc(-c4ccc(-c5cccc6cccnc56)cc4)c4oc5ccccc5c4n3)cc(N3c4c(ccc5ccccc45)-c4cccc5cccc3c45)cc2c1. The normalized spacial score (nSPS) is 12.3. The predicted octanol–water partition coefficient (Wildman–Crippen LogP) is 14.8. The van der Waals surface area contributed by atoms with Crippen molar-refractivity contribution in [1.82, 2.24) is 15.0 Å². The van der Waals surface area contributed by atoms with Gasteiger partial charge in [-0.15, -0.1) is 0 Å². The molecular weight excluding hydrogens is 733 g/mol. The molecule has 1 aliphatic heterocycles. The number of aromatic nitrogens is 3. The number of benzene rings is 9. The molecule has 12 aromatic rings. The van der Waals surface area contributed by atoms with Gasteiger partial charge in [-0.2, -0.15) is 0 Å². The van der Waals surface area contributed by atoms with E-state index in [2.05, 4.69) is 169 Å². The molecule has 4 heterocycles. The molecule has 0 radical (unpaired) electrons. The third-order valence-corrected chi connectivity index (χ3v) is 12.2. The summed E-state index contributed by atoms with van der Waals surface area (Å²) in [6.45, 7) is 0. The summed E-state index contributed by atoms with van der Waals surface area (Å²) in [5, 5.41) is 9.09. The van der Waals surface area contributed by atoms with Crippen molar-refractivity contribution in [1.29, 1.82) is 0 Å². The van der Waals surface area contributed by atoms with Crippen molar-refractivity contribution in [3.8, 4) is 44.9 Å². The number of nitrogens with zero attached hydrogens (tertiary/aromatic N) is 4. The molecule has 0 N–H and O–H groups in total. The van der Waals surface area contributed by atoms with E-state index in [1.807, 2.05) is 30.5 Å². The predicted molar refractivity (Wildman–Crippen MR) is 247 cm³/mol. The Morgan fingerprint density at radius 2 is 1.13 bits per heavy atom. The Kier molecular flexibility index (Phi) is 6.95. The Hall–Kier alpha value is -8.15. The number of hydrogen-bond donors (Lipinski definition) is 0. The second-order valence-corrected chi connectivity index (χ2v) is 15.5. The van der Waals surface area contributed by atoms with E-state index in [9.17, 15) is 0 Å². The summed E-state index contributed by atoms with van der Waals surface area (Å²) in [5.41, 5.74) is 13.8. The van der Waals surface area contributed by atoms with Gasteiger partial charge in [0.05, 0.1) is 16.9 Å². The van der Waals surface area contributed by atoms with Crippen LogP contribution in [0.25, 0.3) is 110 Å². The van der Waals surface area contributed by atoms with Crippen molar-refractivity contribution in [2.45, 2.75) is 0 Å². The summed E-state index contributed by atoms with van der Waals surface area (Å²) < 4.78 is 6.61. The molecule has 0 fully saturated rings. The average Bonchev–Trinajstić information content (AvgIpc) is 3.70. The number of hydrogen-bond acceptors (Lipinski definition) is 5. The lowest BCUT2D eigenvalue weighted by Crippen LogP contribution is -2.16. The van der Waals surface area contributed by atoms with Crippen LogP contribution in [0.2, 0.25) is 0 Å². The maximum Gasteiger partial charge on any atom is 0.180 e. The molecular formula is C55H32N4O. The molecule has 5 nitrogen and oxygen atoms in total. The van der Waals surface area contributed by atoms with Crippen LogP contribution < -0.4 is 4.90 Å². The maximum atomic E-state index is 6.61. The van der Waals surface area contributed by atoms with Crippen LogP contribution in [-0.2, 0) is 0 Å². The fraction of sp³-hybridized carbons (Fsp3) is 0. The van der Waals surface area contributed by atoms with Crippen molar-refractivity contribution in [3.63, 3.8) is 0 Å². The average molecular weight is 765 g/mol. The molecule has 0 spiro atoms. The molecule has 5 heteroatoms. The van der Waals surface area contributed by atoms with Crippen LogP contribution >= 0.6 is 0 Å². The van der Waals surface area contributed by atoms with E-state index in [4.69, 9.17) is 19.4 Å². The second-order valence-electron chi connectivity index (χ2n) is 15.5. The van der Waals surface area contributed by atoms with Gasteiger partial charge in [0.15, 0.2) is 11.4 Å². The fourth-order valence-electron chi connectivity index (χ4n) is 9.49. The van der Waals surface area contributed by atoms with Gasteiger partial charge >= 0.3 is 0 Å². The maximum absolute atomic E-state index is 6.61. The first-order valence-corrected chi connectivity index (χ1v) is 20.3. The van der Waals surface area contributed by atoms with Crippen LogP contribution in [0.15, 0.2) is 199 Å². The molecule has 9 aromatic carbocycles. The highest BCUT2D eigenvalue weighted by Crippen LogP contribution is 2.54. The molecule has 60 heavy (non-hydrogen) atoms. The van der Waals surface area contributed by atoms with Gasteiger partial charge in [0.25, 0.3) is 0 Å². The van der Waals surface area contributed by atoms with E-state index in [0.29, 0.717) is 11.4 Å². The summed E-state index contributed by atoms with van der Waals surface area (Å²) in [6, 6.07) is 66.8. The van der Waals surface area contributed by atoms with Gasteiger partial charge in [0.1, 0.15) is 16.8 Å². The monoisotopic (exact) mass is 764 g/mol. The summed E-state index contributed by atoms with van der Waals surface area (Å²) in [7, 11) is 0. The van der Waals surface area contributed by atoms with Gasteiger partial charge in [-0.1, -0.05) is 152 Å². The van der Waals surface area contributed by atoms with Gasteiger partial charge in [0, 0.05) is 55.7 Å². The number of pyridine rings is 1. The Labute approximate surface area is 344 Å². The first-order chi connectivity index (χ1) is 29.7. The highest BCUT2D eigenvalue weighted by molar-refractivity contribution is 6.19. The Morgan fingerprint density at radius 3 is 2.02 bits per heavy atom. The lowest BCUT2D eigenvalue weighted by Gasteiger charge is -2.35. The zero-order valence-electron chi connectivity index (χ0n) is 32.2. The minimum atomic E-state index is 0.637. The molecule has 1 aliphatic rings. The summed E-state index contributed by atoms with van der Waals surface area (Å²) in [4.78, 5) is 18.0. The molecule has 13 rings (SSSR count). The molecule has 0 atom stereocenters. The quantitative estimate of drug-likeness (QED) is 0.179. The van der Waals surface area contributed by atoms with Gasteiger partial charge in [-0.25, -0.2) is 9.97 Å². The van der Waals surface area contributed by atoms with Crippen molar-refractivity contribution in [3.05, 3.63) is 194 Å². The van der Waals surface area contributed by atoms with Crippen molar-refractivity contribution in [2.24, 2.45) is 0 Å². The number of rotatable bonds is 4. The molecule has 0 aliphatic carbocycles. The van der Waals surface area contributed by atoms with Gasteiger partial charge in [-0.05, 0) is 69.1 Å². The van der Waals surface area contributed by atoms with Crippen molar-refractivity contribution in [2.75, 3.05) is 4.90 Å². The van der Waals surface area contributed by atoms with Gasteiger partial charge in [-0.3, -0.25) is 4.98 Å². The number of anilines is 3. The third-order valence-electron chi connectivity index (χ3n) is 12.2. The molecule has 0 saturated heterocycles. The Morgan fingerprint density at radius 1 is 0.433 bits per heavy atom. The lowest BCUT2D eigenvalue weighted by atomic mass is 9.88. The number of para-hydroxylation sites is 2. The van der Waals surface area contributed by atoms with E-state index in [1.54, 1.807) is 0 Å². The lowest BCUT2D eigenvalue weighted by molar-refractivity contribution is 0.667. The molecule has 0 saturated carbocycles. The first kappa shape index (κ1) is 32.9. The van der Waals surface area contributed by atoms with Crippen molar-refractivity contribution >= 4 is 82.4 Å². The Bertz CT molecular complexity index is 3730. The van der Waals surface area contributed by atoms with E-state index in [0.717, 1.165) is 77.5 Å². The molecule has 0 unspecified atom stereocenters. The molecule has 278 valence electrons. The van der Waals surface area contributed by atoms with Gasteiger partial charge < -0.3 is 9.32 Å². The van der Waals surface area contributed by atoms with E-state index in [-0.39, 0.29) is 0 Å². The van der Waals surface area contributed by atoms with E-state index in [1.165, 1.54) is 38.4 Å². The largest absolute Gasteiger partial charge is 0.452 e. The third kappa shape index (κ3) is 4.84. The van der Waals surface area contributed by atoms with Crippen molar-refractivity contribution < 1.29 is 4.42 Å². The minimum absolute atomic E-state index is 0.637. The number of furan rings is 1. The highest BCUT2D eigenvalue weighted by atomic mass is 16.3. The van der Waals surface area contributed by atoms with Crippen LogP contribution in [0.1, 0.15) is 0 Å². The minimum Gasteiger partial charge on any atom is -0.452 e. The topological polar surface area (TPSA) is 55.1 Å². The highest BCUT2D eigenvalue weighted by Gasteiger charge is 2.29. The smallest absolute Gasteiger partial charge is 0.180 e. The van der Waals surface area contributed by atoms with Gasteiger partial charge in [0.2, 0.25) is 0 Å². The van der Waals surface area contributed by atoms with E-state index >= 15 is 0 Å². The fourth-order valence-corrected chi connectivity index (χ4v) is 9.49. The molecule has 0 bridgehead atoms. The Balaban J connectivity index is 1.06. The summed E-state index contributed by atoms with van der Waals surface area (Å²) in [6.07, 6.45) is 1.85. The van der Waals surface area contributed by atoms with Crippen LogP contribution in [0.5, 0.6) is 0 Å². The van der Waals surface area contributed by atoms with Crippen LogP contribution in [0.3, 0.4) is 0 Å².